The van der Waals surface area contributed by atoms with Crippen LogP contribution in [0.3, 0.4) is 0 Å². The first-order chi connectivity index (χ1) is 28.8. The summed E-state index contributed by atoms with van der Waals surface area (Å²) < 4.78 is 16.1. The van der Waals surface area contributed by atoms with Gasteiger partial charge in [0.1, 0.15) is 28.5 Å². The Morgan fingerprint density at radius 3 is 1.98 bits per heavy atom. The van der Waals surface area contributed by atoms with Crippen molar-refractivity contribution >= 4 is 88.8 Å². The number of aromatic nitrogens is 6. The Morgan fingerprint density at radius 1 is 0.695 bits per heavy atom. The monoisotopic (exact) mass is 914 g/mol. The van der Waals surface area contributed by atoms with Gasteiger partial charge in [-0.25, -0.2) is 19.9 Å². The zero-order chi connectivity index (χ0) is 41.3. The van der Waals surface area contributed by atoms with Gasteiger partial charge in [-0.2, -0.15) is 0 Å². The molecule has 15 heteroatoms. The molecule has 298 valence electrons. The van der Waals surface area contributed by atoms with Crippen LogP contribution in [0.2, 0.25) is 0 Å². The Kier molecular flexibility index (Phi) is 13.0. The number of carbonyl (C=O) groups is 1. The van der Waals surface area contributed by atoms with Crippen molar-refractivity contribution < 1.29 is 14.3 Å². The van der Waals surface area contributed by atoms with E-state index < -0.39 is 0 Å². The van der Waals surface area contributed by atoms with E-state index in [9.17, 15) is 4.79 Å². The number of anilines is 3. The van der Waals surface area contributed by atoms with Crippen LogP contribution in [0.25, 0.3) is 33.1 Å². The van der Waals surface area contributed by atoms with Crippen LogP contribution in [0, 0.1) is 0 Å². The van der Waals surface area contributed by atoms with Gasteiger partial charge in [-0.3, -0.25) is 13.6 Å². The van der Waals surface area contributed by atoms with Gasteiger partial charge < -0.3 is 31.6 Å². The average molecular weight is 917 g/mol. The fourth-order valence-electron chi connectivity index (χ4n) is 6.29. The van der Waals surface area contributed by atoms with Gasteiger partial charge in [0.25, 0.3) is 0 Å². The lowest BCUT2D eigenvalue weighted by atomic mass is 10.2. The number of methoxy groups -OCH3 is 2. The van der Waals surface area contributed by atoms with Crippen molar-refractivity contribution in [3.63, 3.8) is 0 Å². The van der Waals surface area contributed by atoms with Crippen molar-refractivity contribution in [3.05, 3.63) is 159 Å². The van der Waals surface area contributed by atoms with E-state index in [1.54, 1.807) is 24.8 Å². The maximum atomic E-state index is 11.3. The second-order valence-electron chi connectivity index (χ2n) is 13.0. The molecule has 0 spiro atoms. The van der Waals surface area contributed by atoms with Crippen LogP contribution in [0.1, 0.15) is 27.3 Å². The summed E-state index contributed by atoms with van der Waals surface area (Å²) in [5.74, 6) is 2.44. The molecule has 0 bridgehead atoms. The molecule has 0 atom stereocenters. The largest absolute Gasteiger partial charge is 0.497 e. The summed E-state index contributed by atoms with van der Waals surface area (Å²) in [5, 5.41) is 8.51. The fourth-order valence-corrected chi connectivity index (χ4v) is 7.20. The predicted octanol–water partition coefficient (Wildman–Crippen LogP) is 9.07. The van der Waals surface area contributed by atoms with Gasteiger partial charge in [0.15, 0.2) is 6.29 Å². The van der Waals surface area contributed by atoms with Crippen LogP contribution in [-0.2, 0) is 19.6 Å². The molecule has 0 aliphatic heterocycles. The fraction of sp³-hybridized carbons (Fsp3) is 0.114. The number of hydrogen-bond acceptors (Lipinski definition) is 11. The van der Waals surface area contributed by atoms with Gasteiger partial charge in [-0.15, -0.1) is 0 Å². The number of aldehydes is 1. The number of para-hydroxylation sites is 3. The number of fused-ring (bicyclic) bond motifs is 6. The highest BCUT2D eigenvalue weighted by Crippen LogP contribution is 2.30. The summed E-state index contributed by atoms with van der Waals surface area (Å²) in [6.45, 7) is 1.74. The highest BCUT2D eigenvalue weighted by atomic mass is 79.9. The van der Waals surface area contributed by atoms with Crippen LogP contribution < -0.4 is 31.6 Å². The standard InChI is InChI=1S/C20H17BrN4O3.C17H14BrN5.C7H9N/c1-27-14-7-6-12(17(8-14)28-2)9-22-20-24-18-15(4-3-5-16(18)21)19-23-13(11-26)10-25(19)20;18-14-8-4-7-13-15(14)22-17(19)23-10-12(21-16(13)23)9-20-11-5-2-1-3-6-11;8-6-7-4-2-1-3-5-7/h3-8,10-11H,9H2,1-2H3,(H,22,24);1-8,10,20H,9H2,(H2,19,22);1-5H,6,8H2. The Hall–Kier alpha value is -6.55. The zero-order valence-electron chi connectivity index (χ0n) is 32.1. The molecule has 0 saturated heterocycles. The van der Waals surface area contributed by atoms with E-state index >= 15 is 0 Å². The molecule has 6 N–H and O–H groups in total. The molecule has 0 radical (unpaired) electrons. The van der Waals surface area contributed by atoms with Gasteiger partial charge in [-0.1, -0.05) is 60.7 Å². The van der Waals surface area contributed by atoms with Crippen LogP contribution in [0.5, 0.6) is 11.5 Å². The summed E-state index contributed by atoms with van der Waals surface area (Å²) in [5.41, 5.74) is 19.0. The predicted molar refractivity (Wildman–Crippen MR) is 241 cm³/mol. The van der Waals surface area contributed by atoms with Crippen molar-refractivity contribution in [2.75, 3.05) is 30.6 Å². The maximum Gasteiger partial charge on any atom is 0.209 e. The highest BCUT2D eigenvalue weighted by molar-refractivity contribution is 9.11. The Bertz CT molecular complexity index is 2870. The van der Waals surface area contributed by atoms with Gasteiger partial charge in [-0.05, 0) is 86.0 Å². The molecule has 9 rings (SSSR count). The molecule has 5 aromatic carbocycles. The van der Waals surface area contributed by atoms with Crippen LogP contribution in [-0.4, -0.2) is 49.2 Å². The second-order valence-corrected chi connectivity index (χ2v) is 14.7. The molecule has 4 aromatic heterocycles. The summed E-state index contributed by atoms with van der Waals surface area (Å²) in [7, 11) is 3.23. The highest BCUT2D eigenvalue weighted by Gasteiger charge is 2.15. The van der Waals surface area contributed by atoms with E-state index in [1.165, 1.54) is 5.56 Å². The molecule has 4 heterocycles. The third kappa shape index (κ3) is 9.28. The first-order valence-corrected chi connectivity index (χ1v) is 20.0. The number of nitrogens with zero attached hydrogens (tertiary/aromatic N) is 6. The molecular formula is C44H40Br2N10O3. The third-order valence-corrected chi connectivity index (χ3v) is 10.5. The van der Waals surface area contributed by atoms with E-state index in [4.69, 9.17) is 30.9 Å². The van der Waals surface area contributed by atoms with Gasteiger partial charge in [0.05, 0.1) is 37.5 Å². The number of halogens is 2. The number of rotatable bonds is 10. The normalized spacial score (nSPS) is 10.8. The molecule has 0 unspecified atom stereocenters. The van der Waals surface area contributed by atoms with Crippen molar-refractivity contribution in [2.45, 2.75) is 19.6 Å². The molecule has 0 amide bonds. The lowest BCUT2D eigenvalue weighted by molar-refractivity contribution is 0.111. The van der Waals surface area contributed by atoms with E-state index in [0.29, 0.717) is 48.6 Å². The average Bonchev–Trinajstić information content (AvgIpc) is 3.93. The van der Waals surface area contributed by atoms with Gasteiger partial charge >= 0.3 is 0 Å². The minimum absolute atomic E-state index is 0.347. The van der Waals surface area contributed by atoms with Gasteiger partial charge in [0, 0.05) is 62.5 Å². The molecule has 13 nitrogen and oxygen atoms in total. The number of nitrogens with one attached hydrogen (secondary N) is 2. The van der Waals surface area contributed by atoms with Crippen molar-refractivity contribution in [2.24, 2.45) is 5.73 Å². The van der Waals surface area contributed by atoms with Crippen molar-refractivity contribution in [1.29, 1.82) is 0 Å². The van der Waals surface area contributed by atoms with Gasteiger partial charge in [0.2, 0.25) is 11.9 Å². The number of carbonyl (C=O) groups excluding carboxylic acids is 1. The molecular weight excluding hydrogens is 876 g/mol. The van der Waals surface area contributed by atoms with Crippen LogP contribution in [0.15, 0.2) is 137 Å². The van der Waals surface area contributed by atoms with Crippen molar-refractivity contribution in [3.8, 4) is 11.5 Å². The minimum atomic E-state index is 0.347. The number of ether oxygens (including phenoxy) is 2. The number of benzene rings is 5. The zero-order valence-corrected chi connectivity index (χ0v) is 35.3. The SMILES string of the molecule is COc1ccc(CNc2nc3c(Br)cccc3c3nc(C=O)cn23)c(OC)c1.NCc1ccccc1.Nc1nc2c(Br)cccc2c2nc(CNc3ccccc3)cn12. The van der Waals surface area contributed by atoms with Crippen LogP contribution in [0.4, 0.5) is 17.6 Å². The van der Waals surface area contributed by atoms with Crippen molar-refractivity contribution in [1.82, 2.24) is 28.7 Å². The van der Waals surface area contributed by atoms with E-state index in [-0.39, 0.29) is 0 Å². The Morgan fingerprint density at radius 2 is 1.36 bits per heavy atom. The summed E-state index contributed by atoms with van der Waals surface area (Å²) in [4.78, 5) is 29.6. The Labute approximate surface area is 356 Å². The number of hydrogen-bond donors (Lipinski definition) is 4. The first-order valence-electron chi connectivity index (χ1n) is 18.4. The molecule has 59 heavy (non-hydrogen) atoms. The number of imidazole rings is 2. The summed E-state index contributed by atoms with van der Waals surface area (Å²) in [6, 6.07) is 37.4. The number of nitrogens with two attached hydrogens (primary N) is 2. The topological polar surface area (TPSA) is 172 Å². The summed E-state index contributed by atoms with van der Waals surface area (Å²) >= 11 is 7.06. The smallest absolute Gasteiger partial charge is 0.209 e. The minimum Gasteiger partial charge on any atom is -0.497 e. The Balaban J connectivity index is 0.000000153. The summed E-state index contributed by atoms with van der Waals surface area (Å²) in [6.07, 6.45) is 4.32. The number of nitrogen functional groups attached to an aromatic ring is 1. The second kappa shape index (κ2) is 18.8. The third-order valence-electron chi connectivity index (χ3n) is 9.23. The molecule has 0 saturated carbocycles. The lowest BCUT2D eigenvalue weighted by Gasteiger charge is -2.13. The van der Waals surface area contributed by atoms with E-state index in [0.717, 1.165) is 65.4 Å². The van der Waals surface area contributed by atoms with E-state index in [2.05, 4.69) is 52.5 Å². The molecule has 0 aliphatic rings. The van der Waals surface area contributed by atoms with E-state index in [1.807, 2.05) is 126 Å². The molecule has 9 aromatic rings. The maximum absolute atomic E-state index is 11.3. The quantitative estimate of drug-likeness (QED) is 0.0965. The van der Waals surface area contributed by atoms with Crippen LogP contribution >= 0.6 is 31.9 Å². The first kappa shape index (κ1) is 40.6. The molecule has 0 fully saturated rings. The lowest BCUT2D eigenvalue weighted by Crippen LogP contribution is -2.08. The molecule has 0 aliphatic carbocycles.